The molecule has 2 amide bonds. The van der Waals surface area contributed by atoms with E-state index in [1.165, 1.54) is 24.6 Å². The number of hydrogen-bond donors (Lipinski definition) is 2. The standard InChI is InChI=1S/C20H30N4O2S/c1-15(20(26)24-12-2-3-13-24)27-19-17(7-5-10-23-19)18(25)22-11-8-16-6-4-9-21-14-16/h5,7,10,15-16,21H,2-4,6,8-9,11-14H2,1H3,(H,22,25). The quantitative estimate of drug-likeness (QED) is 0.699. The molecule has 2 saturated heterocycles. The molecule has 2 unspecified atom stereocenters. The van der Waals surface area contributed by atoms with E-state index in [1.807, 2.05) is 11.8 Å². The third-order valence-electron chi connectivity index (χ3n) is 5.31. The fraction of sp³-hybridized carbons (Fsp3) is 0.650. The summed E-state index contributed by atoms with van der Waals surface area (Å²) in [5.74, 6) is 0.675. The largest absolute Gasteiger partial charge is 0.352 e. The van der Waals surface area contributed by atoms with Crippen LogP contribution in [0.2, 0.25) is 0 Å². The number of piperidine rings is 1. The average molecular weight is 391 g/mol. The number of nitrogens with zero attached hydrogens (tertiary/aromatic N) is 2. The first-order chi connectivity index (χ1) is 13.1. The van der Waals surface area contributed by atoms with Gasteiger partial charge >= 0.3 is 0 Å². The van der Waals surface area contributed by atoms with E-state index in [4.69, 9.17) is 0 Å². The number of amides is 2. The lowest BCUT2D eigenvalue weighted by molar-refractivity contribution is -0.129. The lowest BCUT2D eigenvalue weighted by Gasteiger charge is -2.22. The topological polar surface area (TPSA) is 74.3 Å². The molecule has 2 atom stereocenters. The number of likely N-dealkylation sites (tertiary alicyclic amines) is 1. The maximum Gasteiger partial charge on any atom is 0.254 e. The smallest absolute Gasteiger partial charge is 0.254 e. The van der Waals surface area contributed by atoms with E-state index in [0.717, 1.165) is 45.4 Å². The molecule has 2 N–H and O–H groups in total. The van der Waals surface area contributed by atoms with Crippen LogP contribution in [0.25, 0.3) is 0 Å². The Labute approximate surface area is 165 Å². The Morgan fingerprint density at radius 1 is 1.37 bits per heavy atom. The molecule has 2 fully saturated rings. The third kappa shape index (κ3) is 5.69. The summed E-state index contributed by atoms with van der Waals surface area (Å²) in [5.41, 5.74) is 0.561. The number of thioether (sulfide) groups is 1. The first kappa shape index (κ1) is 20.1. The van der Waals surface area contributed by atoms with E-state index < -0.39 is 0 Å². The van der Waals surface area contributed by atoms with Crippen molar-refractivity contribution in [2.75, 3.05) is 32.7 Å². The van der Waals surface area contributed by atoms with Gasteiger partial charge in [-0.25, -0.2) is 4.98 Å². The van der Waals surface area contributed by atoms with Crippen LogP contribution in [0.4, 0.5) is 0 Å². The summed E-state index contributed by atoms with van der Waals surface area (Å²) in [6.45, 7) is 6.41. The van der Waals surface area contributed by atoms with E-state index in [2.05, 4.69) is 15.6 Å². The number of pyridine rings is 1. The molecule has 0 aliphatic carbocycles. The van der Waals surface area contributed by atoms with E-state index >= 15 is 0 Å². The molecular weight excluding hydrogens is 360 g/mol. The summed E-state index contributed by atoms with van der Waals surface area (Å²) >= 11 is 1.38. The molecule has 1 aromatic heterocycles. The second-order valence-corrected chi connectivity index (χ2v) is 8.74. The van der Waals surface area contributed by atoms with Gasteiger partial charge in [0, 0.05) is 25.8 Å². The summed E-state index contributed by atoms with van der Waals surface area (Å²) in [6, 6.07) is 3.57. The SMILES string of the molecule is CC(Sc1ncccc1C(=O)NCCC1CCCNC1)C(=O)N1CCCC1. The second kappa shape index (κ2) is 10.1. The Kier molecular flexibility index (Phi) is 7.52. The Balaban J connectivity index is 1.54. The number of carbonyl (C=O) groups excluding carboxylic acids is 2. The highest BCUT2D eigenvalue weighted by Crippen LogP contribution is 2.27. The van der Waals surface area contributed by atoms with Gasteiger partial charge in [-0.3, -0.25) is 9.59 Å². The van der Waals surface area contributed by atoms with E-state index in [1.54, 1.807) is 18.3 Å². The van der Waals surface area contributed by atoms with Crippen molar-refractivity contribution in [1.29, 1.82) is 0 Å². The molecule has 27 heavy (non-hydrogen) atoms. The molecule has 2 aliphatic rings. The number of hydrogen-bond acceptors (Lipinski definition) is 5. The summed E-state index contributed by atoms with van der Waals surface area (Å²) < 4.78 is 0. The number of rotatable bonds is 7. The van der Waals surface area contributed by atoms with Crippen molar-refractivity contribution < 1.29 is 9.59 Å². The summed E-state index contributed by atoms with van der Waals surface area (Å²) in [4.78, 5) is 31.5. The molecule has 0 saturated carbocycles. The molecule has 1 aromatic rings. The molecule has 0 aromatic carbocycles. The number of aromatic nitrogens is 1. The molecule has 3 heterocycles. The molecule has 0 bridgehead atoms. The van der Waals surface area contributed by atoms with Crippen LogP contribution >= 0.6 is 11.8 Å². The minimum absolute atomic E-state index is 0.102. The predicted octanol–water partition coefficient (Wildman–Crippen LogP) is 2.30. The van der Waals surface area contributed by atoms with Crippen molar-refractivity contribution in [3.63, 3.8) is 0 Å². The van der Waals surface area contributed by atoms with E-state index in [9.17, 15) is 9.59 Å². The van der Waals surface area contributed by atoms with Gasteiger partial charge in [-0.05, 0) is 70.2 Å². The predicted molar refractivity (Wildman–Crippen MR) is 108 cm³/mol. The first-order valence-corrected chi connectivity index (χ1v) is 10.9. The minimum atomic E-state index is -0.238. The van der Waals surface area contributed by atoms with Crippen molar-refractivity contribution >= 4 is 23.6 Å². The van der Waals surface area contributed by atoms with Crippen molar-refractivity contribution in [1.82, 2.24) is 20.5 Å². The molecular formula is C20H30N4O2S. The van der Waals surface area contributed by atoms with Crippen LogP contribution in [0.15, 0.2) is 23.4 Å². The van der Waals surface area contributed by atoms with Crippen LogP contribution in [0.3, 0.4) is 0 Å². The molecule has 3 rings (SSSR count). The lowest BCUT2D eigenvalue weighted by Crippen LogP contribution is -2.34. The molecule has 0 radical (unpaired) electrons. The van der Waals surface area contributed by atoms with Crippen LogP contribution in [-0.4, -0.2) is 59.7 Å². The zero-order valence-electron chi connectivity index (χ0n) is 16.1. The van der Waals surface area contributed by atoms with Gasteiger partial charge in [0.05, 0.1) is 10.8 Å². The van der Waals surface area contributed by atoms with Gasteiger partial charge in [0.15, 0.2) is 0 Å². The number of nitrogens with one attached hydrogen (secondary N) is 2. The molecule has 148 valence electrons. The molecule has 7 heteroatoms. The van der Waals surface area contributed by atoms with E-state index in [0.29, 0.717) is 23.1 Å². The van der Waals surface area contributed by atoms with Crippen LogP contribution in [0.5, 0.6) is 0 Å². The average Bonchev–Trinajstić information content (AvgIpc) is 3.23. The fourth-order valence-corrected chi connectivity index (χ4v) is 4.72. The second-order valence-electron chi connectivity index (χ2n) is 7.41. The highest BCUT2D eigenvalue weighted by atomic mass is 32.2. The van der Waals surface area contributed by atoms with Gasteiger partial charge in [-0.15, -0.1) is 0 Å². The summed E-state index contributed by atoms with van der Waals surface area (Å²) in [5, 5.41) is 6.83. The third-order valence-corrected chi connectivity index (χ3v) is 6.41. The van der Waals surface area contributed by atoms with Gasteiger partial charge < -0.3 is 15.5 Å². The summed E-state index contributed by atoms with van der Waals surface area (Å²) in [6.07, 6.45) is 7.27. The lowest BCUT2D eigenvalue weighted by atomic mass is 9.96. The Morgan fingerprint density at radius 3 is 2.93 bits per heavy atom. The van der Waals surface area contributed by atoms with Crippen molar-refractivity contribution in [2.24, 2.45) is 5.92 Å². The maximum atomic E-state index is 12.6. The van der Waals surface area contributed by atoms with Crippen LogP contribution in [0, 0.1) is 5.92 Å². The van der Waals surface area contributed by atoms with Crippen LogP contribution < -0.4 is 10.6 Å². The van der Waals surface area contributed by atoms with Crippen molar-refractivity contribution in [2.45, 2.75) is 49.3 Å². The fourth-order valence-electron chi connectivity index (χ4n) is 3.73. The Bertz CT molecular complexity index is 643. The van der Waals surface area contributed by atoms with Gasteiger partial charge in [-0.2, -0.15) is 0 Å². The Hall–Kier alpha value is -1.60. The molecule has 0 spiro atoms. The van der Waals surface area contributed by atoms with Gasteiger partial charge in [0.2, 0.25) is 5.91 Å². The normalized spacial score (nSPS) is 21.1. The number of carbonyl (C=O) groups is 2. The Morgan fingerprint density at radius 2 is 2.19 bits per heavy atom. The summed E-state index contributed by atoms with van der Waals surface area (Å²) in [7, 11) is 0. The highest BCUT2D eigenvalue weighted by Gasteiger charge is 2.26. The first-order valence-electron chi connectivity index (χ1n) is 10.0. The zero-order chi connectivity index (χ0) is 19.1. The van der Waals surface area contributed by atoms with Crippen molar-refractivity contribution in [3.05, 3.63) is 23.9 Å². The van der Waals surface area contributed by atoms with E-state index in [-0.39, 0.29) is 17.1 Å². The molecule has 2 aliphatic heterocycles. The van der Waals surface area contributed by atoms with Crippen molar-refractivity contribution in [3.8, 4) is 0 Å². The highest BCUT2D eigenvalue weighted by molar-refractivity contribution is 8.00. The zero-order valence-corrected chi connectivity index (χ0v) is 16.9. The van der Waals surface area contributed by atoms with Crippen LogP contribution in [-0.2, 0) is 4.79 Å². The van der Waals surface area contributed by atoms with Crippen LogP contribution in [0.1, 0.15) is 49.4 Å². The monoisotopic (exact) mass is 390 g/mol. The van der Waals surface area contributed by atoms with Gasteiger partial charge in [0.25, 0.3) is 5.91 Å². The van der Waals surface area contributed by atoms with Gasteiger partial charge in [-0.1, -0.05) is 11.8 Å². The van der Waals surface area contributed by atoms with Gasteiger partial charge in [0.1, 0.15) is 5.03 Å². The molecule has 6 nitrogen and oxygen atoms in total. The minimum Gasteiger partial charge on any atom is -0.352 e. The maximum absolute atomic E-state index is 12.6.